The van der Waals surface area contributed by atoms with Crippen LogP contribution in [0.15, 0.2) is 41.8 Å². The molecule has 0 spiro atoms. The van der Waals surface area contributed by atoms with Crippen LogP contribution in [0.5, 0.6) is 0 Å². The third kappa shape index (κ3) is 3.68. The summed E-state index contributed by atoms with van der Waals surface area (Å²) < 4.78 is 42.7. The third-order valence-corrected chi connectivity index (χ3v) is 7.51. The highest BCUT2D eigenvalue weighted by Gasteiger charge is 2.30. The fourth-order valence-electron chi connectivity index (χ4n) is 3.57. The highest BCUT2D eigenvalue weighted by Crippen LogP contribution is 2.24. The topological polar surface area (TPSA) is 84.2 Å². The molecule has 0 unspecified atom stereocenters. The molecule has 10 heteroatoms. The van der Waals surface area contributed by atoms with Crippen molar-refractivity contribution in [2.75, 3.05) is 31.1 Å². The molecule has 0 atom stereocenters. The number of hydrogen-bond donors (Lipinski definition) is 0. The number of imidazole rings is 1. The number of anilines is 1. The first-order valence-corrected chi connectivity index (χ1v) is 11.1. The van der Waals surface area contributed by atoms with Gasteiger partial charge in [-0.25, -0.2) is 27.8 Å². The lowest BCUT2D eigenvalue weighted by atomic mass is 10.2. The van der Waals surface area contributed by atoms with E-state index in [1.807, 2.05) is 29.4 Å². The third-order valence-electron chi connectivity index (χ3n) is 5.45. The fraction of sp³-hybridized carbons (Fsp3) is 0.350. The van der Waals surface area contributed by atoms with Gasteiger partial charge < -0.3 is 4.90 Å². The summed E-state index contributed by atoms with van der Waals surface area (Å²) >= 11 is 0. The Balaban J connectivity index is 1.51. The maximum atomic E-state index is 13.4. The molecule has 0 N–H and O–H groups in total. The summed E-state index contributed by atoms with van der Waals surface area (Å²) in [6.07, 6.45) is 3.23. The molecule has 30 heavy (non-hydrogen) atoms. The normalized spacial score (nSPS) is 15.5. The summed E-state index contributed by atoms with van der Waals surface area (Å²) in [5.41, 5.74) is 2.35. The zero-order chi connectivity index (χ0) is 21.5. The van der Waals surface area contributed by atoms with Gasteiger partial charge in [-0.05, 0) is 44.5 Å². The molecule has 1 aromatic carbocycles. The summed E-state index contributed by atoms with van der Waals surface area (Å²) in [6, 6.07) is 5.63. The lowest BCUT2D eigenvalue weighted by Gasteiger charge is -2.34. The molecule has 3 heterocycles. The van der Waals surface area contributed by atoms with Crippen LogP contribution in [-0.2, 0) is 10.0 Å². The van der Waals surface area contributed by atoms with Crippen molar-refractivity contribution in [2.45, 2.75) is 25.7 Å². The van der Waals surface area contributed by atoms with Gasteiger partial charge in [0.05, 0.1) is 10.6 Å². The molecular weight excluding hydrogens is 407 g/mol. The molecule has 2 aromatic heterocycles. The second-order valence-corrected chi connectivity index (χ2v) is 9.23. The summed E-state index contributed by atoms with van der Waals surface area (Å²) in [5.74, 6) is 1.01. The lowest BCUT2D eigenvalue weighted by Crippen LogP contribution is -2.49. The van der Waals surface area contributed by atoms with Gasteiger partial charge in [0.25, 0.3) is 0 Å². The zero-order valence-corrected chi connectivity index (χ0v) is 17.9. The van der Waals surface area contributed by atoms with E-state index in [4.69, 9.17) is 0 Å². The standard InChI is InChI=1S/C20H23FN6O2S/c1-14-10-17(21)4-5-18(14)30(28,29)26-8-6-25(7-9-26)19-11-20(23-12-22-19)27-13-24-15(2)16(27)3/h4-5,10-13H,6-9H2,1-3H3. The molecule has 158 valence electrons. The number of aromatic nitrogens is 4. The number of halogens is 1. The number of rotatable bonds is 4. The van der Waals surface area contributed by atoms with E-state index in [1.165, 1.54) is 28.8 Å². The van der Waals surface area contributed by atoms with E-state index >= 15 is 0 Å². The maximum Gasteiger partial charge on any atom is 0.243 e. The van der Waals surface area contributed by atoms with Crippen LogP contribution in [0.3, 0.4) is 0 Å². The molecule has 1 saturated heterocycles. The first-order valence-electron chi connectivity index (χ1n) is 9.61. The average Bonchev–Trinajstić information content (AvgIpc) is 3.06. The quantitative estimate of drug-likeness (QED) is 0.631. The van der Waals surface area contributed by atoms with Gasteiger partial charge in [-0.1, -0.05) is 0 Å². The molecule has 1 aliphatic rings. The summed E-state index contributed by atoms with van der Waals surface area (Å²) in [4.78, 5) is 15.2. The Bertz CT molecular complexity index is 1190. The van der Waals surface area contributed by atoms with Crippen molar-refractivity contribution in [1.82, 2.24) is 23.8 Å². The Labute approximate surface area is 175 Å². The van der Waals surface area contributed by atoms with Crippen molar-refractivity contribution in [1.29, 1.82) is 0 Å². The largest absolute Gasteiger partial charge is 0.354 e. The Kier molecular flexibility index (Phi) is 5.29. The number of aryl methyl sites for hydroxylation is 2. The van der Waals surface area contributed by atoms with Crippen LogP contribution in [0, 0.1) is 26.6 Å². The predicted octanol–water partition coefficient (Wildman–Crippen LogP) is 2.24. The van der Waals surface area contributed by atoms with E-state index in [9.17, 15) is 12.8 Å². The molecular formula is C20H23FN6O2S. The SMILES string of the molecule is Cc1cc(F)ccc1S(=O)(=O)N1CCN(c2cc(-n3cnc(C)c3C)ncn2)CC1. The van der Waals surface area contributed by atoms with Crippen LogP contribution in [0.25, 0.3) is 5.82 Å². The molecule has 1 fully saturated rings. The number of nitrogens with zero attached hydrogens (tertiary/aromatic N) is 6. The molecule has 0 aliphatic carbocycles. The second kappa shape index (κ2) is 7.77. The minimum atomic E-state index is -3.67. The van der Waals surface area contributed by atoms with Gasteiger partial charge in [0.15, 0.2) is 0 Å². The van der Waals surface area contributed by atoms with E-state index in [0.29, 0.717) is 31.7 Å². The van der Waals surface area contributed by atoms with Gasteiger partial charge in [-0.3, -0.25) is 4.57 Å². The van der Waals surface area contributed by atoms with E-state index in [1.54, 1.807) is 13.3 Å². The monoisotopic (exact) mass is 430 g/mol. The van der Waals surface area contributed by atoms with Crippen LogP contribution < -0.4 is 4.90 Å². The van der Waals surface area contributed by atoms with Crippen molar-refractivity contribution in [2.24, 2.45) is 0 Å². The fourth-order valence-corrected chi connectivity index (χ4v) is 5.20. The van der Waals surface area contributed by atoms with Gasteiger partial charge in [0.1, 0.15) is 30.1 Å². The van der Waals surface area contributed by atoms with Crippen LogP contribution in [-0.4, -0.2) is 58.4 Å². The number of benzene rings is 1. The van der Waals surface area contributed by atoms with Crippen molar-refractivity contribution in [3.8, 4) is 5.82 Å². The van der Waals surface area contributed by atoms with Crippen molar-refractivity contribution < 1.29 is 12.8 Å². The second-order valence-electron chi connectivity index (χ2n) is 7.32. The molecule has 3 aromatic rings. The smallest absolute Gasteiger partial charge is 0.243 e. The van der Waals surface area contributed by atoms with Crippen molar-refractivity contribution in [3.05, 3.63) is 59.7 Å². The maximum absolute atomic E-state index is 13.4. The van der Waals surface area contributed by atoms with Gasteiger partial charge >= 0.3 is 0 Å². The van der Waals surface area contributed by atoms with Gasteiger partial charge in [-0.2, -0.15) is 4.31 Å². The molecule has 4 rings (SSSR count). The average molecular weight is 431 g/mol. The predicted molar refractivity (Wildman–Crippen MR) is 111 cm³/mol. The summed E-state index contributed by atoms with van der Waals surface area (Å²) in [6.45, 7) is 7.16. The molecule has 0 amide bonds. The van der Waals surface area contributed by atoms with Crippen molar-refractivity contribution >= 4 is 15.8 Å². The minimum Gasteiger partial charge on any atom is -0.354 e. The molecule has 1 aliphatic heterocycles. The van der Waals surface area contributed by atoms with Crippen LogP contribution in [0.1, 0.15) is 17.0 Å². The van der Waals surface area contributed by atoms with Gasteiger partial charge in [0, 0.05) is 37.9 Å². The van der Waals surface area contributed by atoms with E-state index in [0.717, 1.165) is 23.0 Å². The Morgan fingerprint density at radius 3 is 2.27 bits per heavy atom. The molecule has 0 saturated carbocycles. The van der Waals surface area contributed by atoms with Gasteiger partial charge in [0.2, 0.25) is 10.0 Å². The van der Waals surface area contributed by atoms with Crippen LogP contribution >= 0.6 is 0 Å². The Hall–Kier alpha value is -2.85. The Morgan fingerprint density at radius 2 is 1.63 bits per heavy atom. The summed E-state index contributed by atoms with van der Waals surface area (Å²) in [5, 5.41) is 0. The van der Waals surface area contributed by atoms with Gasteiger partial charge in [-0.15, -0.1) is 0 Å². The highest BCUT2D eigenvalue weighted by atomic mass is 32.2. The van der Waals surface area contributed by atoms with Crippen LogP contribution in [0.4, 0.5) is 10.2 Å². The molecule has 8 nitrogen and oxygen atoms in total. The number of hydrogen-bond acceptors (Lipinski definition) is 6. The van der Waals surface area contributed by atoms with E-state index < -0.39 is 15.8 Å². The first-order chi connectivity index (χ1) is 14.3. The van der Waals surface area contributed by atoms with E-state index in [-0.39, 0.29) is 4.90 Å². The van der Waals surface area contributed by atoms with Crippen LogP contribution in [0.2, 0.25) is 0 Å². The summed E-state index contributed by atoms with van der Waals surface area (Å²) in [7, 11) is -3.67. The lowest BCUT2D eigenvalue weighted by molar-refractivity contribution is 0.383. The minimum absolute atomic E-state index is 0.146. The van der Waals surface area contributed by atoms with Crippen molar-refractivity contribution in [3.63, 3.8) is 0 Å². The first kappa shape index (κ1) is 20.4. The molecule has 0 radical (unpaired) electrons. The number of sulfonamides is 1. The van der Waals surface area contributed by atoms with E-state index in [2.05, 4.69) is 15.0 Å². The molecule has 0 bridgehead atoms. The highest BCUT2D eigenvalue weighted by molar-refractivity contribution is 7.89. The number of piperazine rings is 1. The Morgan fingerprint density at radius 1 is 0.933 bits per heavy atom. The zero-order valence-electron chi connectivity index (χ0n) is 17.1.